The number of carbonyl (C=O) groups excluding carboxylic acids is 3. The Kier molecular flexibility index (Phi) is 7.68. The number of imide groups is 1. The fraction of sp³-hybridized carbons (Fsp3) is 0.258. The van der Waals surface area contributed by atoms with Gasteiger partial charge in [0.2, 0.25) is 0 Å². The number of nitrogens with zero attached hydrogens (tertiary/aromatic N) is 2. The smallest absolute Gasteiger partial charge is 0.261 e. The highest BCUT2D eigenvalue weighted by molar-refractivity contribution is 6.38. The van der Waals surface area contributed by atoms with Gasteiger partial charge in [-0.3, -0.25) is 19.3 Å². The predicted molar refractivity (Wildman–Crippen MR) is 160 cm³/mol. The van der Waals surface area contributed by atoms with Gasteiger partial charge in [0.05, 0.1) is 0 Å². The Morgan fingerprint density at radius 3 is 1.90 bits per heavy atom. The molecule has 0 aliphatic carbocycles. The van der Waals surface area contributed by atoms with E-state index in [2.05, 4.69) is 10.6 Å². The Morgan fingerprint density at radius 2 is 1.22 bits per heavy atom. The fourth-order valence-electron chi connectivity index (χ4n) is 5.74. The summed E-state index contributed by atoms with van der Waals surface area (Å²) in [5.74, 6) is -0.837. The highest BCUT2D eigenvalue weighted by Crippen LogP contribution is 2.38. The van der Waals surface area contributed by atoms with E-state index >= 15 is 0 Å². The van der Waals surface area contributed by atoms with E-state index in [1.54, 1.807) is 36.4 Å². The van der Waals surface area contributed by atoms with Gasteiger partial charge < -0.3 is 20.6 Å². The first-order valence-electron chi connectivity index (χ1n) is 13.6. The third-order valence-electron chi connectivity index (χ3n) is 7.77. The molecule has 8 nitrogen and oxygen atoms in total. The number of hydrogen-bond acceptors (Lipinski definition) is 6. The summed E-state index contributed by atoms with van der Waals surface area (Å²) in [6, 6.07) is 17.6. The van der Waals surface area contributed by atoms with Gasteiger partial charge in [-0.15, -0.1) is 0 Å². The van der Waals surface area contributed by atoms with Gasteiger partial charge in [0.15, 0.2) is 6.23 Å². The van der Waals surface area contributed by atoms with Gasteiger partial charge in [0.25, 0.3) is 17.7 Å². The molecule has 0 bridgehead atoms. The van der Waals surface area contributed by atoms with E-state index in [1.807, 2.05) is 24.3 Å². The summed E-state index contributed by atoms with van der Waals surface area (Å²) >= 11 is 12.6. The minimum Gasteiger partial charge on any atom is -0.369 e. The Morgan fingerprint density at radius 1 is 0.659 bits per heavy atom. The molecule has 1 atom stereocenters. The van der Waals surface area contributed by atoms with Gasteiger partial charge in [0.1, 0.15) is 0 Å². The second-order valence-electron chi connectivity index (χ2n) is 10.2. The van der Waals surface area contributed by atoms with Crippen molar-refractivity contribution in [3.63, 3.8) is 0 Å². The van der Waals surface area contributed by atoms with E-state index in [0.29, 0.717) is 81.2 Å². The van der Waals surface area contributed by atoms with Crippen molar-refractivity contribution in [3.8, 4) is 0 Å². The molecule has 3 amide bonds. The fourth-order valence-corrected chi connectivity index (χ4v) is 6.18. The average molecular weight is 591 g/mol. The number of benzene rings is 4. The lowest BCUT2D eigenvalue weighted by Gasteiger charge is -2.34. The lowest BCUT2D eigenvalue weighted by Crippen LogP contribution is -2.44. The van der Waals surface area contributed by atoms with Gasteiger partial charge in [-0.1, -0.05) is 53.5 Å². The molecule has 6 rings (SSSR count). The predicted octanol–water partition coefficient (Wildman–Crippen LogP) is 4.61. The monoisotopic (exact) mass is 590 g/mol. The van der Waals surface area contributed by atoms with Crippen molar-refractivity contribution < 1.29 is 19.5 Å². The van der Waals surface area contributed by atoms with E-state index in [1.165, 1.54) is 9.80 Å². The number of carbonyl (C=O) groups is 3. The molecule has 0 aromatic heterocycles. The molecule has 4 aromatic carbocycles. The van der Waals surface area contributed by atoms with E-state index in [0.717, 1.165) is 11.8 Å². The number of aliphatic hydroxyl groups is 1. The maximum atomic E-state index is 13.1. The highest BCUT2D eigenvalue weighted by Gasteiger charge is 2.34. The third kappa shape index (κ3) is 4.86. The van der Waals surface area contributed by atoms with Gasteiger partial charge in [-0.2, -0.15) is 0 Å². The topological polar surface area (TPSA) is 102 Å². The Bertz CT molecular complexity index is 1690. The van der Waals surface area contributed by atoms with Crippen molar-refractivity contribution in [1.29, 1.82) is 0 Å². The standard InChI is InChI=1S/C31H28Cl2N4O4/c32-24-10-8-22-26-18(24)4-1-6-20(26)28(38)36(30(22)40)16-14-34-12-3-13-35-15-17-37-29(39)21-7-2-5-19-25(33)11-9-23(27(19)21)31(37)41/h1-2,4-11,28,34-35,38H,3,12-17H2. The first-order chi connectivity index (χ1) is 19.9. The number of halogens is 2. The zero-order chi connectivity index (χ0) is 28.7. The highest BCUT2D eigenvalue weighted by atomic mass is 35.5. The molecule has 3 N–H and O–H groups in total. The van der Waals surface area contributed by atoms with Crippen LogP contribution in [0.3, 0.4) is 0 Å². The molecular formula is C31H28Cl2N4O4. The molecule has 0 radical (unpaired) electrons. The Hall–Kier alpha value is -3.53. The van der Waals surface area contributed by atoms with Gasteiger partial charge in [-0.05, 0) is 49.8 Å². The maximum Gasteiger partial charge on any atom is 0.261 e. The normalized spacial score (nSPS) is 16.4. The summed E-state index contributed by atoms with van der Waals surface area (Å²) < 4.78 is 0. The molecule has 0 spiro atoms. The largest absolute Gasteiger partial charge is 0.369 e. The van der Waals surface area contributed by atoms with Crippen LogP contribution < -0.4 is 10.6 Å². The minimum atomic E-state index is -1.03. The van der Waals surface area contributed by atoms with Crippen molar-refractivity contribution >= 4 is 62.5 Å². The average Bonchev–Trinajstić information content (AvgIpc) is 2.98. The minimum absolute atomic E-state index is 0.218. The summed E-state index contributed by atoms with van der Waals surface area (Å²) in [6.45, 7) is 2.99. The molecule has 2 heterocycles. The molecule has 0 saturated heterocycles. The molecule has 2 aliphatic rings. The van der Waals surface area contributed by atoms with E-state index in [9.17, 15) is 19.5 Å². The van der Waals surface area contributed by atoms with Crippen LogP contribution in [0.25, 0.3) is 21.5 Å². The zero-order valence-corrected chi connectivity index (χ0v) is 23.6. The summed E-state index contributed by atoms with van der Waals surface area (Å²) in [7, 11) is 0. The van der Waals surface area contributed by atoms with Crippen LogP contribution in [0.2, 0.25) is 10.0 Å². The van der Waals surface area contributed by atoms with Crippen LogP contribution in [0.5, 0.6) is 0 Å². The van der Waals surface area contributed by atoms with Gasteiger partial charge in [0, 0.05) is 80.0 Å². The van der Waals surface area contributed by atoms with Crippen LogP contribution in [0, 0.1) is 0 Å². The summed E-state index contributed by atoms with van der Waals surface area (Å²) in [5.41, 5.74) is 2.21. The van der Waals surface area contributed by atoms with Crippen LogP contribution in [0.1, 0.15) is 49.3 Å². The number of aliphatic hydroxyl groups excluding tert-OH is 1. The van der Waals surface area contributed by atoms with Crippen LogP contribution >= 0.6 is 23.2 Å². The first-order valence-corrected chi connectivity index (χ1v) is 14.3. The molecule has 41 heavy (non-hydrogen) atoms. The van der Waals surface area contributed by atoms with Gasteiger partial charge in [-0.25, -0.2) is 0 Å². The number of rotatable bonds is 10. The van der Waals surface area contributed by atoms with Crippen LogP contribution in [-0.4, -0.2) is 71.9 Å². The van der Waals surface area contributed by atoms with Crippen molar-refractivity contribution in [1.82, 2.24) is 20.4 Å². The number of hydrogen-bond donors (Lipinski definition) is 3. The summed E-state index contributed by atoms with van der Waals surface area (Å²) in [5, 5.41) is 21.4. The van der Waals surface area contributed by atoms with Crippen LogP contribution in [0.15, 0.2) is 60.7 Å². The number of nitrogens with one attached hydrogen (secondary N) is 2. The molecule has 0 saturated carbocycles. The van der Waals surface area contributed by atoms with Crippen molar-refractivity contribution in [2.24, 2.45) is 0 Å². The number of amides is 3. The van der Waals surface area contributed by atoms with Crippen LogP contribution in [0.4, 0.5) is 0 Å². The summed E-state index contributed by atoms with van der Waals surface area (Å²) in [4.78, 5) is 41.9. The Labute approximate surface area is 246 Å². The van der Waals surface area contributed by atoms with E-state index in [-0.39, 0.29) is 24.3 Å². The molecule has 1 unspecified atom stereocenters. The quantitative estimate of drug-likeness (QED) is 0.184. The van der Waals surface area contributed by atoms with E-state index in [4.69, 9.17) is 23.2 Å². The second-order valence-corrected chi connectivity index (χ2v) is 11.0. The SMILES string of the molecule is O=C1c2cccc3c(Cl)ccc(c23)C(=O)N1CCNCCCNCCN1C(=O)c2ccc(Cl)c3cccc(c23)C1O. The lowest BCUT2D eigenvalue weighted by atomic mass is 9.93. The van der Waals surface area contributed by atoms with Crippen molar-refractivity contribution in [2.75, 3.05) is 39.3 Å². The van der Waals surface area contributed by atoms with E-state index < -0.39 is 6.23 Å². The molecule has 0 fully saturated rings. The summed E-state index contributed by atoms with van der Waals surface area (Å²) in [6.07, 6.45) is -0.226. The van der Waals surface area contributed by atoms with Crippen LogP contribution in [-0.2, 0) is 0 Å². The second kappa shape index (κ2) is 11.4. The first kappa shape index (κ1) is 27.6. The van der Waals surface area contributed by atoms with Gasteiger partial charge >= 0.3 is 0 Å². The zero-order valence-electron chi connectivity index (χ0n) is 22.1. The van der Waals surface area contributed by atoms with Crippen molar-refractivity contribution in [3.05, 3.63) is 93.0 Å². The molecule has 10 heteroatoms. The maximum absolute atomic E-state index is 13.1. The molecule has 4 aromatic rings. The molecule has 210 valence electrons. The van der Waals surface area contributed by atoms with Crippen molar-refractivity contribution in [2.45, 2.75) is 12.6 Å². The Balaban J connectivity index is 0.947. The molecular weight excluding hydrogens is 563 g/mol. The molecule has 2 aliphatic heterocycles. The third-order valence-corrected chi connectivity index (χ3v) is 8.43. The lowest BCUT2D eigenvalue weighted by molar-refractivity contribution is 0.00547.